The summed E-state index contributed by atoms with van der Waals surface area (Å²) in [7, 11) is 0. The standard InChI is InChI=1S/C22H31N5O2.ClH/c1-22(2,3)17-6-4-5-7-18(17)29-15-20(28)26-11-8-16(9-12-26)21-25-24-19-14-23-10-13-27(19)21;/h4-7,16,23H,8-15H2,1-3H3;1H. The molecule has 4 rings (SSSR count). The van der Waals surface area contributed by atoms with Crippen LogP contribution in [0.5, 0.6) is 5.75 Å². The van der Waals surface area contributed by atoms with Gasteiger partial charge < -0.3 is 19.5 Å². The first kappa shape index (κ1) is 22.6. The number of piperidine rings is 1. The van der Waals surface area contributed by atoms with E-state index in [0.29, 0.717) is 5.92 Å². The van der Waals surface area contributed by atoms with Crippen molar-refractivity contribution in [2.45, 2.75) is 58.0 Å². The zero-order valence-electron chi connectivity index (χ0n) is 18.1. The Morgan fingerprint density at radius 2 is 1.90 bits per heavy atom. The van der Waals surface area contributed by atoms with E-state index in [1.807, 2.05) is 23.1 Å². The van der Waals surface area contributed by atoms with E-state index in [0.717, 1.165) is 68.5 Å². The summed E-state index contributed by atoms with van der Waals surface area (Å²) in [5.41, 5.74) is 1.10. The fraction of sp³-hybridized carbons (Fsp3) is 0.591. The number of aromatic nitrogens is 3. The van der Waals surface area contributed by atoms with E-state index < -0.39 is 0 Å². The van der Waals surface area contributed by atoms with Crippen molar-refractivity contribution < 1.29 is 9.53 Å². The summed E-state index contributed by atoms with van der Waals surface area (Å²) >= 11 is 0. The van der Waals surface area contributed by atoms with Crippen LogP contribution in [0.25, 0.3) is 0 Å². The number of carbonyl (C=O) groups excluding carboxylic acids is 1. The third-order valence-electron chi connectivity index (χ3n) is 5.91. The van der Waals surface area contributed by atoms with Crippen LogP contribution in [0.1, 0.15) is 56.7 Å². The Hall–Kier alpha value is -2.12. The van der Waals surface area contributed by atoms with Crippen molar-refractivity contribution in [3.63, 3.8) is 0 Å². The molecular formula is C22H32ClN5O2. The van der Waals surface area contributed by atoms with E-state index >= 15 is 0 Å². The molecule has 1 N–H and O–H groups in total. The zero-order valence-corrected chi connectivity index (χ0v) is 18.9. The second-order valence-corrected chi connectivity index (χ2v) is 8.99. The fourth-order valence-electron chi connectivity index (χ4n) is 4.25. The Bertz CT molecular complexity index is 869. The van der Waals surface area contributed by atoms with Gasteiger partial charge in [0.1, 0.15) is 17.4 Å². The Morgan fingerprint density at radius 1 is 1.17 bits per heavy atom. The predicted molar refractivity (Wildman–Crippen MR) is 118 cm³/mol. The van der Waals surface area contributed by atoms with Crippen LogP contribution in [0.2, 0.25) is 0 Å². The van der Waals surface area contributed by atoms with Crippen LogP contribution >= 0.6 is 12.4 Å². The second-order valence-electron chi connectivity index (χ2n) is 8.99. The van der Waals surface area contributed by atoms with Gasteiger partial charge >= 0.3 is 0 Å². The summed E-state index contributed by atoms with van der Waals surface area (Å²) < 4.78 is 8.18. The second kappa shape index (κ2) is 9.35. The molecule has 3 heterocycles. The van der Waals surface area contributed by atoms with Gasteiger partial charge in [-0.1, -0.05) is 39.0 Å². The molecule has 1 amide bonds. The van der Waals surface area contributed by atoms with Crippen molar-refractivity contribution in [1.29, 1.82) is 0 Å². The molecule has 0 aliphatic carbocycles. The van der Waals surface area contributed by atoms with Crippen molar-refractivity contribution in [2.75, 3.05) is 26.2 Å². The first-order valence-electron chi connectivity index (χ1n) is 10.6. The lowest BCUT2D eigenvalue weighted by atomic mass is 9.86. The molecule has 1 aromatic carbocycles. The SMILES string of the molecule is CC(C)(C)c1ccccc1OCC(=O)N1CCC(c2nnc3n2CCNC3)CC1.Cl. The molecule has 8 heteroatoms. The van der Waals surface area contributed by atoms with E-state index in [-0.39, 0.29) is 30.3 Å². The van der Waals surface area contributed by atoms with Crippen molar-refractivity contribution in [1.82, 2.24) is 25.0 Å². The number of carbonyl (C=O) groups is 1. The van der Waals surface area contributed by atoms with Gasteiger partial charge in [0.15, 0.2) is 6.61 Å². The Balaban J connectivity index is 0.00000256. The number of rotatable bonds is 4. The molecule has 164 valence electrons. The van der Waals surface area contributed by atoms with Gasteiger partial charge in [0.25, 0.3) is 5.91 Å². The summed E-state index contributed by atoms with van der Waals surface area (Å²) in [6.07, 6.45) is 1.85. The average molecular weight is 434 g/mol. The van der Waals surface area contributed by atoms with Gasteiger partial charge in [-0.25, -0.2) is 0 Å². The number of para-hydroxylation sites is 1. The van der Waals surface area contributed by atoms with E-state index in [9.17, 15) is 4.79 Å². The minimum absolute atomic E-state index is 0. The molecule has 0 radical (unpaired) electrons. The first-order valence-corrected chi connectivity index (χ1v) is 10.6. The van der Waals surface area contributed by atoms with Gasteiger partial charge in [-0.3, -0.25) is 4.79 Å². The highest BCUT2D eigenvalue weighted by atomic mass is 35.5. The molecule has 0 atom stereocenters. The van der Waals surface area contributed by atoms with E-state index in [1.165, 1.54) is 0 Å². The number of hydrogen-bond donors (Lipinski definition) is 1. The molecule has 0 spiro atoms. The molecule has 7 nitrogen and oxygen atoms in total. The molecule has 0 bridgehead atoms. The van der Waals surface area contributed by atoms with Crippen LogP contribution in [-0.4, -0.2) is 51.8 Å². The Morgan fingerprint density at radius 3 is 2.63 bits per heavy atom. The summed E-state index contributed by atoms with van der Waals surface area (Å²) in [5.74, 6) is 3.34. The van der Waals surface area contributed by atoms with Gasteiger partial charge in [-0.15, -0.1) is 22.6 Å². The topological polar surface area (TPSA) is 72.3 Å². The lowest BCUT2D eigenvalue weighted by Crippen LogP contribution is -2.41. The molecule has 30 heavy (non-hydrogen) atoms. The highest BCUT2D eigenvalue weighted by Crippen LogP contribution is 2.31. The van der Waals surface area contributed by atoms with Crippen molar-refractivity contribution >= 4 is 18.3 Å². The molecule has 1 fully saturated rings. The maximum absolute atomic E-state index is 12.7. The number of likely N-dealkylation sites (tertiary alicyclic amines) is 1. The first-order chi connectivity index (χ1) is 13.9. The number of halogens is 1. The third kappa shape index (κ3) is 4.78. The van der Waals surface area contributed by atoms with E-state index in [2.05, 4.69) is 46.9 Å². The monoisotopic (exact) mass is 433 g/mol. The van der Waals surface area contributed by atoms with Crippen LogP contribution < -0.4 is 10.1 Å². The minimum atomic E-state index is -0.0229. The molecule has 0 unspecified atom stereocenters. The maximum Gasteiger partial charge on any atom is 0.260 e. The molecule has 2 aromatic rings. The minimum Gasteiger partial charge on any atom is -0.483 e. The lowest BCUT2D eigenvalue weighted by molar-refractivity contribution is -0.134. The van der Waals surface area contributed by atoms with Crippen LogP contribution in [0, 0.1) is 0 Å². The number of nitrogens with zero attached hydrogens (tertiary/aromatic N) is 4. The van der Waals surface area contributed by atoms with Crippen LogP contribution in [0.3, 0.4) is 0 Å². The number of fused-ring (bicyclic) bond motifs is 1. The number of nitrogens with one attached hydrogen (secondary N) is 1. The normalized spacial score (nSPS) is 17.2. The highest BCUT2D eigenvalue weighted by Gasteiger charge is 2.29. The van der Waals surface area contributed by atoms with Gasteiger partial charge in [0.05, 0.1) is 6.54 Å². The van der Waals surface area contributed by atoms with Crippen molar-refractivity contribution in [2.24, 2.45) is 0 Å². The molecule has 1 aromatic heterocycles. The molecule has 1 saturated heterocycles. The number of ether oxygens (including phenoxy) is 1. The Kier molecular flexibility index (Phi) is 7.03. The predicted octanol–water partition coefficient (Wildman–Crippen LogP) is 2.89. The van der Waals surface area contributed by atoms with Crippen molar-refractivity contribution in [3.8, 4) is 5.75 Å². The summed E-state index contributed by atoms with van der Waals surface area (Å²) in [4.78, 5) is 14.6. The average Bonchev–Trinajstić information content (AvgIpc) is 3.16. The van der Waals surface area contributed by atoms with Gasteiger partial charge in [0.2, 0.25) is 0 Å². The molecule has 0 saturated carbocycles. The number of amides is 1. The fourth-order valence-corrected chi connectivity index (χ4v) is 4.25. The lowest BCUT2D eigenvalue weighted by Gasteiger charge is -2.32. The quantitative estimate of drug-likeness (QED) is 0.802. The van der Waals surface area contributed by atoms with Gasteiger partial charge in [0, 0.05) is 32.1 Å². The molecule has 2 aliphatic rings. The smallest absolute Gasteiger partial charge is 0.260 e. The summed E-state index contributed by atoms with van der Waals surface area (Å²) in [6, 6.07) is 7.98. The summed E-state index contributed by atoms with van der Waals surface area (Å²) in [5, 5.41) is 12.1. The summed E-state index contributed by atoms with van der Waals surface area (Å²) in [6.45, 7) is 10.7. The molecule has 2 aliphatic heterocycles. The zero-order chi connectivity index (χ0) is 20.4. The van der Waals surface area contributed by atoms with Gasteiger partial charge in [-0.05, 0) is 29.9 Å². The van der Waals surface area contributed by atoms with Crippen LogP contribution in [-0.2, 0) is 23.3 Å². The van der Waals surface area contributed by atoms with Crippen LogP contribution in [0.4, 0.5) is 0 Å². The largest absolute Gasteiger partial charge is 0.483 e. The van der Waals surface area contributed by atoms with E-state index in [1.54, 1.807) is 0 Å². The maximum atomic E-state index is 12.7. The van der Waals surface area contributed by atoms with E-state index in [4.69, 9.17) is 4.74 Å². The molecular weight excluding hydrogens is 402 g/mol. The van der Waals surface area contributed by atoms with Crippen LogP contribution in [0.15, 0.2) is 24.3 Å². The number of hydrogen-bond acceptors (Lipinski definition) is 5. The number of benzene rings is 1. The van der Waals surface area contributed by atoms with Crippen molar-refractivity contribution in [3.05, 3.63) is 41.5 Å². The Labute approximate surface area is 184 Å². The third-order valence-corrected chi connectivity index (χ3v) is 5.91. The van der Waals surface area contributed by atoms with Gasteiger partial charge in [-0.2, -0.15) is 0 Å². The highest BCUT2D eigenvalue weighted by molar-refractivity contribution is 5.85.